The summed E-state index contributed by atoms with van der Waals surface area (Å²) in [7, 11) is 0. The summed E-state index contributed by atoms with van der Waals surface area (Å²) in [6.45, 7) is 8.17. The SMILES string of the molecule is Cc1cc(/C=C(/C#N)C(=O)Nc2nnc(CC(C)C)s2)c(C)n1-c1ccccc1. The fraction of sp³-hybridized carbons (Fsp3) is 0.273. The summed E-state index contributed by atoms with van der Waals surface area (Å²) in [6, 6.07) is 13.9. The van der Waals surface area contributed by atoms with Crippen molar-refractivity contribution in [3.05, 3.63) is 63.9 Å². The average molecular weight is 406 g/mol. The first-order chi connectivity index (χ1) is 13.9. The Hall–Kier alpha value is -3.24. The number of aromatic nitrogens is 3. The largest absolute Gasteiger partial charge is 0.318 e. The van der Waals surface area contributed by atoms with Crippen molar-refractivity contribution in [2.45, 2.75) is 34.1 Å². The summed E-state index contributed by atoms with van der Waals surface area (Å²) in [5, 5.41) is 21.6. The Bertz CT molecular complexity index is 1090. The number of hydrogen-bond donors (Lipinski definition) is 1. The molecule has 2 aromatic heterocycles. The van der Waals surface area contributed by atoms with E-state index < -0.39 is 5.91 Å². The Morgan fingerprint density at radius 2 is 2.00 bits per heavy atom. The fourth-order valence-electron chi connectivity index (χ4n) is 3.11. The number of para-hydroxylation sites is 1. The molecule has 3 rings (SSSR count). The molecule has 0 aliphatic heterocycles. The van der Waals surface area contributed by atoms with Crippen LogP contribution in [0.4, 0.5) is 5.13 Å². The number of nitriles is 1. The molecule has 0 aliphatic carbocycles. The third-order valence-electron chi connectivity index (χ3n) is 4.42. The van der Waals surface area contributed by atoms with Crippen molar-refractivity contribution in [2.75, 3.05) is 5.32 Å². The van der Waals surface area contributed by atoms with Crippen molar-refractivity contribution >= 4 is 28.5 Å². The van der Waals surface area contributed by atoms with Crippen molar-refractivity contribution in [1.29, 1.82) is 5.26 Å². The van der Waals surface area contributed by atoms with Crippen LogP contribution in [-0.4, -0.2) is 20.7 Å². The smallest absolute Gasteiger partial charge is 0.268 e. The van der Waals surface area contributed by atoms with Gasteiger partial charge < -0.3 is 4.57 Å². The molecule has 148 valence electrons. The number of nitrogens with one attached hydrogen (secondary N) is 1. The number of hydrogen-bond acceptors (Lipinski definition) is 5. The lowest BCUT2D eigenvalue weighted by Crippen LogP contribution is -2.13. The van der Waals surface area contributed by atoms with Crippen LogP contribution in [0.2, 0.25) is 0 Å². The van der Waals surface area contributed by atoms with E-state index in [1.54, 1.807) is 6.08 Å². The lowest BCUT2D eigenvalue weighted by atomic mass is 10.1. The monoisotopic (exact) mass is 405 g/mol. The van der Waals surface area contributed by atoms with E-state index in [0.29, 0.717) is 11.0 Å². The van der Waals surface area contributed by atoms with Crippen LogP contribution in [0.3, 0.4) is 0 Å². The van der Waals surface area contributed by atoms with Crippen molar-refractivity contribution < 1.29 is 4.79 Å². The van der Waals surface area contributed by atoms with E-state index in [-0.39, 0.29) is 5.57 Å². The number of rotatable bonds is 6. The molecule has 0 fully saturated rings. The highest BCUT2D eigenvalue weighted by molar-refractivity contribution is 7.15. The van der Waals surface area contributed by atoms with Gasteiger partial charge in [0.25, 0.3) is 5.91 Å². The zero-order valence-corrected chi connectivity index (χ0v) is 17.7. The molecule has 0 aliphatic rings. The molecule has 0 unspecified atom stereocenters. The van der Waals surface area contributed by atoms with Crippen molar-refractivity contribution in [2.24, 2.45) is 5.92 Å². The fourth-order valence-corrected chi connectivity index (χ4v) is 4.06. The molecule has 1 N–H and O–H groups in total. The van der Waals surface area contributed by atoms with E-state index in [4.69, 9.17) is 0 Å². The highest BCUT2D eigenvalue weighted by Crippen LogP contribution is 2.23. The minimum Gasteiger partial charge on any atom is -0.318 e. The van der Waals surface area contributed by atoms with Gasteiger partial charge in [-0.05, 0) is 49.6 Å². The van der Waals surface area contributed by atoms with Crippen molar-refractivity contribution in [3.8, 4) is 11.8 Å². The van der Waals surface area contributed by atoms with Gasteiger partial charge in [0.1, 0.15) is 16.6 Å². The summed E-state index contributed by atoms with van der Waals surface area (Å²) >= 11 is 1.34. The van der Waals surface area contributed by atoms with E-state index >= 15 is 0 Å². The van der Waals surface area contributed by atoms with Gasteiger partial charge in [-0.1, -0.05) is 43.4 Å². The van der Waals surface area contributed by atoms with Gasteiger partial charge in [0, 0.05) is 23.5 Å². The minimum atomic E-state index is -0.482. The van der Waals surface area contributed by atoms with E-state index in [1.807, 2.05) is 56.3 Å². The van der Waals surface area contributed by atoms with Gasteiger partial charge in [0.2, 0.25) is 5.13 Å². The van der Waals surface area contributed by atoms with Crippen LogP contribution in [0.1, 0.15) is 35.8 Å². The normalized spacial score (nSPS) is 11.5. The molecule has 1 aromatic carbocycles. The lowest BCUT2D eigenvalue weighted by molar-refractivity contribution is -0.112. The van der Waals surface area contributed by atoms with Crippen LogP contribution in [0, 0.1) is 31.1 Å². The van der Waals surface area contributed by atoms with E-state index in [1.165, 1.54) is 11.3 Å². The Labute approximate surface area is 174 Å². The highest BCUT2D eigenvalue weighted by atomic mass is 32.1. The number of amides is 1. The number of carbonyl (C=O) groups excluding carboxylic acids is 1. The van der Waals surface area contributed by atoms with Gasteiger partial charge in [-0.25, -0.2) is 0 Å². The van der Waals surface area contributed by atoms with E-state index in [9.17, 15) is 10.1 Å². The predicted molar refractivity (Wildman–Crippen MR) is 116 cm³/mol. The Morgan fingerprint density at radius 3 is 2.66 bits per heavy atom. The predicted octanol–water partition coefficient (Wildman–Crippen LogP) is 4.69. The summed E-state index contributed by atoms with van der Waals surface area (Å²) in [5.74, 6) is -0.0230. The molecule has 2 heterocycles. The summed E-state index contributed by atoms with van der Waals surface area (Å²) < 4.78 is 2.10. The molecule has 0 spiro atoms. The molecule has 0 radical (unpaired) electrons. The second kappa shape index (κ2) is 8.84. The van der Waals surface area contributed by atoms with Crippen LogP contribution >= 0.6 is 11.3 Å². The molecule has 0 bridgehead atoms. The molecule has 29 heavy (non-hydrogen) atoms. The molecule has 6 nitrogen and oxygen atoms in total. The molecule has 0 saturated carbocycles. The van der Waals surface area contributed by atoms with Crippen LogP contribution in [0.25, 0.3) is 11.8 Å². The molecule has 0 saturated heterocycles. The molecule has 3 aromatic rings. The number of carbonyl (C=O) groups is 1. The molecular weight excluding hydrogens is 382 g/mol. The first-order valence-corrected chi connectivity index (χ1v) is 10.2. The van der Waals surface area contributed by atoms with Crippen LogP contribution < -0.4 is 5.32 Å². The molecule has 1 amide bonds. The Morgan fingerprint density at radius 1 is 1.28 bits per heavy atom. The number of anilines is 1. The first-order valence-electron chi connectivity index (χ1n) is 9.39. The molecule has 7 heteroatoms. The third-order valence-corrected chi connectivity index (χ3v) is 5.28. The van der Waals surface area contributed by atoms with Gasteiger partial charge in [0.15, 0.2) is 0 Å². The van der Waals surface area contributed by atoms with Crippen LogP contribution in [0.15, 0.2) is 42.0 Å². The summed E-state index contributed by atoms with van der Waals surface area (Å²) in [6.07, 6.45) is 2.42. The molecule has 0 atom stereocenters. The number of aryl methyl sites for hydroxylation is 1. The maximum Gasteiger partial charge on any atom is 0.268 e. The third kappa shape index (κ3) is 4.79. The second-order valence-corrected chi connectivity index (χ2v) is 8.28. The highest BCUT2D eigenvalue weighted by Gasteiger charge is 2.16. The van der Waals surface area contributed by atoms with E-state index in [2.05, 4.69) is 33.9 Å². The minimum absolute atomic E-state index is 0.0268. The second-order valence-electron chi connectivity index (χ2n) is 7.22. The van der Waals surface area contributed by atoms with Gasteiger partial charge >= 0.3 is 0 Å². The van der Waals surface area contributed by atoms with Gasteiger partial charge in [-0.2, -0.15) is 5.26 Å². The molecular formula is C22H23N5OS. The summed E-state index contributed by atoms with van der Waals surface area (Å²) in [4.78, 5) is 12.6. The standard InChI is InChI=1S/C22H23N5OS/c1-14(2)10-20-25-26-22(29-20)24-21(28)18(13-23)12-17-11-15(3)27(16(17)4)19-8-6-5-7-9-19/h5-9,11-12,14H,10H2,1-4H3,(H,24,26,28)/b18-12-. The lowest BCUT2D eigenvalue weighted by Gasteiger charge is -2.09. The number of benzene rings is 1. The van der Waals surface area contributed by atoms with Gasteiger partial charge in [-0.3, -0.25) is 10.1 Å². The maximum atomic E-state index is 12.6. The van der Waals surface area contributed by atoms with E-state index in [0.717, 1.165) is 34.1 Å². The first kappa shape index (κ1) is 20.5. The number of nitrogens with zero attached hydrogens (tertiary/aromatic N) is 4. The quantitative estimate of drug-likeness (QED) is 0.476. The topological polar surface area (TPSA) is 83.6 Å². The Balaban J connectivity index is 1.84. The Kier molecular flexibility index (Phi) is 6.25. The van der Waals surface area contributed by atoms with Crippen LogP contribution in [-0.2, 0) is 11.2 Å². The summed E-state index contributed by atoms with van der Waals surface area (Å²) in [5.41, 5.74) is 3.89. The maximum absolute atomic E-state index is 12.6. The zero-order chi connectivity index (χ0) is 21.0. The van der Waals surface area contributed by atoms with Gasteiger partial charge in [-0.15, -0.1) is 10.2 Å². The average Bonchev–Trinajstić information content (AvgIpc) is 3.23. The van der Waals surface area contributed by atoms with Crippen molar-refractivity contribution in [3.63, 3.8) is 0 Å². The van der Waals surface area contributed by atoms with Crippen LogP contribution in [0.5, 0.6) is 0 Å². The van der Waals surface area contributed by atoms with Gasteiger partial charge in [0.05, 0.1) is 0 Å². The van der Waals surface area contributed by atoms with Crippen molar-refractivity contribution in [1.82, 2.24) is 14.8 Å². The zero-order valence-electron chi connectivity index (χ0n) is 16.9.